The number of amides is 1. The van der Waals surface area contributed by atoms with Crippen molar-refractivity contribution in [3.63, 3.8) is 0 Å². The van der Waals surface area contributed by atoms with Gasteiger partial charge in [0.05, 0.1) is 25.4 Å². The highest BCUT2D eigenvalue weighted by atomic mass is 19.1. The van der Waals surface area contributed by atoms with Gasteiger partial charge < -0.3 is 24.7 Å². The fourth-order valence-corrected chi connectivity index (χ4v) is 4.30. The van der Waals surface area contributed by atoms with Crippen molar-refractivity contribution in [2.45, 2.75) is 39.5 Å². The molecule has 0 unspecified atom stereocenters. The van der Waals surface area contributed by atoms with Gasteiger partial charge in [-0.25, -0.2) is 9.37 Å². The van der Waals surface area contributed by atoms with Gasteiger partial charge in [0.2, 0.25) is 5.91 Å². The van der Waals surface area contributed by atoms with Crippen LogP contribution in [0.2, 0.25) is 0 Å². The zero-order valence-corrected chi connectivity index (χ0v) is 21.8. The van der Waals surface area contributed by atoms with E-state index in [0.29, 0.717) is 12.4 Å². The number of alkyl halides is 1. The van der Waals surface area contributed by atoms with E-state index in [1.54, 1.807) is 7.11 Å². The van der Waals surface area contributed by atoms with Gasteiger partial charge in [0.25, 0.3) is 0 Å². The summed E-state index contributed by atoms with van der Waals surface area (Å²) in [5, 5.41) is 0. The van der Waals surface area contributed by atoms with Gasteiger partial charge in [-0.15, -0.1) is 0 Å². The molecule has 1 heterocycles. The van der Waals surface area contributed by atoms with Gasteiger partial charge in [-0.05, 0) is 35.2 Å². The van der Waals surface area contributed by atoms with Crippen molar-refractivity contribution >= 4 is 5.91 Å². The minimum Gasteiger partial charge on any atom is -0.497 e. The first-order valence-electron chi connectivity index (χ1n) is 12.1. The van der Waals surface area contributed by atoms with Crippen LogP contribution in [-0.4, -0.2) is 60.4 Å². The minimum absolute atomic E-state index is 0.142. The van der Waals surface area contributed by atoms with Crippen LogP contribution in [0.1, 0.15) is 38.2 Å². The number of methoxy groups -OCH3 is 2. The maximum absolute atomic E-state index is 14.6. The number of carbonyl (C=O) groups is 1. The molecule has 0 saturated heterocycles. The first-order valence-corrected chi connectivity index (χ1v) is 12.1. The molecule has 0 radical (unpaired) electrons. The van der Waals surface area contributed by atoms with E-state index in [1.807, 2.05) is 86.1 Å². The summed E-state index contributed by atoms with van der Waals surface area (Å²) < 4.78 is 27.1. The number of halogens is 1. The smallest absolute Gasteiger partial charge is 0.249 e. The number of carbonyl (C=O) groups excluding carboxylic acids is 1. The molecule has 7 nitrogen and oxygen atoms in total. The molecule has 3 rings (SSSR count). The molecule has 0 aliphatic carbocycles. The zero-order chi connectivity index (χ0) is 26.3. The average Bonchev–Trinajstić information content (AvgIpc) is 3.26. The van der Waals surface area contributed by atoms with Crippen LogP contribution in [0.15, 0.2) is 60.8 Å². The van der Waals surface area contributed by atoms with Crippen LogP contribution in [0.3, 0.4) is 0 Å². The molecule has 36 heavy (non-hydrogen) atoms. The van der Waals surface area contributed by atoms with Crippen LogP contribution < -0.4 is 10.5 Å². The Balaban J connectivity index is 2.16. The largest absolute Gasteiger partial charge is 0.497 e. The van der Waals surface area contributed by atoms with Gasteiger partial charge >= 0.3 is 0 Å². The van der Waals surface area contributed by atoms with E-state index in [4.69, 9.17) is 20.2 Å². The summed E-state index contributed by atoms with van der Waals surface area (Å²) in [6.07, 6.45) is 0.617. The van der Waals surface area contributed by atoms with Crippen LogP contribution in [0.25, 0.3) is 11.3 Å². The summed E-state index contributed by atoms with van der Waals surface area (Å²) in [4.78, 5) is 19.8. The molecule has 8 heteroatoms. The van der Waals surface area contributed by atoms with Gasteiger partial charge in [0.1, 0.15) is 24.4 Å². The molecule has 0 aliphatic rings. The summed E-state index contributed by atoms with van der Waals surface area (Å²) in [6.45, 7) is 6.14. The van der Waals surface area contributed by atoms with Crippen LogP contribution in [0.5, 0.6) is 5.75 Å². The standard InChI is InChI=1S/C28H37FN4O3/c1-28(2,3)26(33(17-22(29)15-30)25(34)19-35-4)27-31-24(21-11-13-23(36-5)14-12-21)18-32(27)16-20-9-7-6-8-10-20/h6-14,18,22,26H,15-17,19,30H2,1-5H3/t22-,26-/m0/s1. The summed E-state index contributed by atoms with van der Waals surface area (Å²) in [5.41, 5.74) is 7.90. The van der Waals surface area contributed by atoms with E-state index in [9.17, 15) is 9.18 Å². The van der Waals surface area contributed by atoms with Crippen molar-refractivity contribution in [2.75, 3.05) is 33.9 Å². The number of benzene rings is 2. The molecule has 0 aliphatic heterocycles. The number of aromatic nitrogens is 2. The summed E-state index contributed by atoms with van der Waals surface area (Å²) in [5.74, 6) is 1.11. The van der Waals surface area contributed by atoms with Crippen LogP contribution in [0.4, 0.5) is 4.39 Å². The van der Waals surface area contributed by atoms with Crippen molar-refractivity contribution in [3.05, 3.63) is 72.2 Å². The summed E-state index contributed by atoms with van der Waals surface area (Å²) in [6, 6.07) is 17.2. The quantitative estimate of drug-likeness (QED) is 0.424. The third-order valence-corrected chi connectivity index (χ3v) is 6.00. The molecule has 1 amide bonds. The Labute approximate surface area is 213 Å². The number of hydrogen-bond donors (Lipinski definition) is 1. The van der Waals surface area contributed by atoms with Crippen molar-refractivity contribution in [2.24, 2.45) is 11.1 Å². The SMILES string of the molecule is COCC(=O)N(C[C@@H](F)CN)[C@@H](c1nc(-c2ccc(OC)cc2)cn1Cc1ccccc1)C(C)(C)C. The molecule has 2 atom stereocenters. The highest BCUT2D eigenvalue weighted by Gasteiger charge is 2.39. The normalized spacial score (nSPS) is 13.3. The maximum atomic E-state index is 14.6. The lowest BCUT2D eigenvalue weighted by molar-refractivity contribution is -0.141. The molecule has 0 saturated carbocycles. The number of imidazole rings is 1. The van der Waals surface area contributed by atoms with E-state index in [-0.39, 0.29) is 25.6 Å². The monoisotopic (exact) mass is 496 g/mol. The third kappa shape index (κ3) is 6.71. The number of hydrogen-bond acceptors (Lipinski definition) is 5. The van der Waals surface area contributed by atoms with Gasteiger partial charge in [0, 0.05) is 32.0 Å². The number of ether oxygens (including phenoxy) is 2. The highest BCUT2D eigenvalue weighted by Crippen LogP contribution is 2.39. The predicted octanol–water partition coefficient (Wildman–Crippen LogP) is 4.47. The van der Waals surface area contributed by atoms with Crippen molar-refractivity contribution in [1.29, 1.82) is 0 Å². The molecule has 3 aromatic rings. The van der Waals surface area contributed by atoms with E-state index in [0.717, 1.165) is 22.6 Å². The highest BCUT2D eigenvalue weighted by molar-refractivity contribution is 5.78. The number of nitrogens with zero attached hydrogens (tertiary/aromatic N) is 3. The van der Waals surface area contributed by atoms with Crippen LogP contribution in [-0.2, 0) is 16.1 Å². The molecule has 2 aromatic carbocycles. The first kappa shape index (κ1) is 27.4. The Bertz CT molecular complexity index is 1110. The Hall–Kier alpha value is -3.23. The van der Waals surface area contributed by atoms with Crippen molar-refractivity contribution < 1.29 is 18.7 Å². The van der Waals surface area contributed by atoms with Gasteiger partial charge in [-0.3, -0.25) is 4.79 Å². The lowest BCUT2D eigenvalue weighted by Crippen LogP contribution is -2.47. The molecule has 1 aromatic heterocycles. The molecule has 0 bridgehead atoms. The Morgan fingerprint density at radius 2 is 1.78 bits per heavy atom. The second-order valence-electron chi connectivity index (χ2n) is 9.91. The molecule has 0 fully saturated rings. The fraction of sp³-hybridized carbons (Fsp3) is 0.429. The fourth-order valence-electron chi connectivity index (χ4n) is 4.30. The minimum atomic E-state index is -1.37. The Morgan fingerprint density at radius 1 is 1.11 bits per heavy atom. The molecule has 2 N–H and O–H groups in total. The molecular formula is C28H37FN4O3. The van der Waals surface area contributed by atoms with Gasteiger partial charge in [-0.2, -0.15) is 0 Å². The number of nitrogens with two attached hydrogens (primary N) is 1. The lowest BCUT2D eigenvalue weighted by Gasteiger charge is -2.40. The van der Waals surface area contributed by atoms with E-state index < -0.39 is 17.6 Å². The average molecular weight is 497 g/mol. The van der Waals surface area contributed by atoms with Crippen LogP contribution >= 0.6 is 0 Å². The van der Waals surface area contributed by atoms with E-state index in [2.05, 4.69) is 0 Å². The van der Waals surface area contributed by atoms with E-state index >= 15 is 0 Å². The lowest BCUT2D eigenvalue weighted by atomic mass is 9.84. The first-order chi connectivity index (χ1) is 17.2. The second-order valence-corrected chi connectivity index (χ2v) is 9.91. The summed E-state index contributed by atoms with van der Waals surface area (Å²) >= 11 is 0. The van der Waals surface area contributed by atoms with Gasteiger partial charge in [-0.1, -0.05) is 51.1 Å². The van der Waals surface area contributed by atoms with Crippen molar-refractivity contribution in [1.82, 2.24) is 14.5 Å². The third-order valence-electron chi connectivity index (χ3n) is 6.00. The van der Waals surface area contributed by atoms with Gasteiger partial charge in [0.15, 0.2) is 0 Å². The Kier molecular flexibility index (Phi) is 9.23. The second kappa shape index (κ2) is 12.1. The predicted molar refractivity (Wildman–Crippen MR) is 139 cm³/mol. The topological polar surface area (TPSA) is 82.6 Å². The summed E-state index contributed by atoms with van der Waals surface area (Å²) in [7, 11) is 3.08. The van der Waals surface area contributed by atoms with Crippen molar-refractivity contribution in [3.8, 4) is 17.0 Å². The van der Waals surface area contributed by atoms with E-state index in [1.165, 1.54) is 12.0 Å². The molecular weight excluding hydrogens is 459 g/mol. The maximum Gasteiger partial charge on any atom is 0.249 e. The van der Waals surface area contributed by atoms with Crippen LogP contribution in [0, 0.1) is 5.41 Å². The number of rotatable bonds is 11. The molecule has 0 spiro atoms. The Morgan fingerprint density at radius 3 is 2.33 bits per heavy atom. The molecule has 194 valence electrons. The zero-order valence-electron chi connectivity index (χ0n) is 21.8.